The smallest absolute Gasteiger partial charge is 0.339 e. The maximum absolute atomic E-state index is 12.8. The molecule has 0 radical (unpaired) electrons. The number of H-pyrrole nitrogens is 1. The van der Waals surface area contributed by atoms with Gasteiger partial charge in [0.25, 0.3) is 5.91 Å². The van der Waals surface area contributed by atoms with Gasteiger partial charge in [0.1, 0.15) is 5.69 Å². The van der Waals surface area contributed by atoms with Gasteiger partial charge in [-0.05, 0) is 32.8 Å². The second-order valence-corrected chi connectivity index (χ2v) is 8.23. The number of aromatic amines is 1. The lowest BCUT2D eigenvalue weighted by Gasteiger charge is -2.34. The average Bonchev–Trinajstić information content (AvgIpc) is 3.23. The lowest BCUT2D eigenvalue weighted by molar-refractivity contribution is -0.0707. The Morgan fingerprint density at radius 2 is 2.07 bits per heavy atom. The summed E-state index contributed by atoms with van der Waals surface area (Å²) < 4.78 is 10.6. The van der Waals surface area contributed by atoms with E-state index in [0.29, 0.717) is 34.1 Å². The zero-order valence-electron chi connectivity index (χ0n) is 17.5. The van der Waals surface area contributed by atoms with E-state index in [-0.39, 0.29) is 18.1 Å². The number of carbonyl (C=O) groups excluding carboxylic acids is 2. The van der Waals surface area contributed by atoms with Gasteiger partial charge in [-0.3, -0.25) is 15.0 Å². The fourth-order valence-electron chi connectivity index (χ4n) is 3.77. The van der Waals surface area contributed by atoms with E-state index in [1.165, 1.54) is 18.4 Å². The standard InChI is InChI=1S/C20H28N4O4S/c1-6-15-16(19(26)27-5)13(4)17(22-15)18(25)23-20-21-14(10-29-20)9-24-7-11(2)28-12(3)8-24/h10-12,22H,6-9H2,1-5H3,(H,21,23,25)/t11-,12-/m1/s1. The van der Waals surface area contributed by atoms with Crippen molar-refractivity contribution < 1.29 is 19.1 Å². The van der Waals surface area contributed by atoms with Crippen molar-refractivity contribution in [1.29, 1.82) is 0 Å². The molecule has 1 aliphatic rings. The Balaban J connectivity index is 1.69. The molecule has 29 heavy (non-hydrogen) atoms. The predicted molar refractivity (Wildman–Crippen MR) is 112 cm³/mol. The van der Waals surface area contributed by atoms with Gasteiger partial charge in [-0.25, -0.2) is 9.78 Å². The summed E-state index contributed by atoms with van der Waals surface area (Å²) in [4.78, 5) is 34.7. The number of nitrogens with zero attached hydrogens (tertiary/aromatic N) is 2. The molecule has 0 unspecified atom stereocenters. The van der Waals surface area contributed by atoms with Gasteiger partial charge in [0.05, 0.1) is 30.6 Å². The van der Waals surface area contributed by atoms with Gasteiger partial charge in [-0.15, -0.1) is 11.3 Å². The predicted octanol–water partition coefficient (Wildman–Crippen LogP) is 2.99. The molecular formula is C20H28N4O4S. The van der Waals surface area contributed by atoms with E-state index in [1.54, 1.807) is 6.92 Å². The van der Waals surface area contributed by atoms with Gasteiger partial charge in [0.2, 0.25) is 0 Å². The van der Waals surface area contributed by atoms with Crippen LogP contribution in [0.5, 0.6) is 0 Å². The molecule has 2 N–H and O–H groups in total. The number of amides is 1. The topological polar surface area (TPSA) is 96.5 Å². The maximum Gasteiger partial charge on any atom is 0.339 e. The Bertz CT molecular complexity index is 881. The summed E-state index contributed by atoms with van der Waals surface area (Å²) in [6, 6.07) is 0. The Morgan fingerprint density at radius 3 is 2.69 bits per heavy atom. The van der Waals surface area contributed by atoms with E-state index >= 15 is 0 Å². The van der Waals surface area contributed by atoms with Gasteiger partial charge in [-0.2, -0.15) is 0 Å². The number of carbonyl (C=O) groups is 2. The van der Waals surface area contributed by atoms with Crippen molar-refractivity contribution in [2.75, 3.05) is 25.5 Å². The van der Waals surface area contributed by atoms with Crippen LogP contribution in [0, 0.1) is 6.92 Å². The third kappa shape index (κ3) is 4.85. The van der Waals surface area contributed by atoms with Gasteiger partial charge < -0.3 is 14.5 Å². The highest BCUT2D eigenvalue weighted by molar-refractivity contribution is 7.13. The van der Waals surface area contributed by atoms with Crippen LogP contribution in [0.1, 0.15) is 58.6 Å². The lowest BCUT2D eigenvalue weighted by atomic mass is 10.1. The molecular weight excluding hydrogens is 392 g/mol. The molecule has 2 aromatic rings. The number of thiazole rings is 1. The lowest BCUT2D eigenvalue weighted by Crippen LogP contribution is -2.44. The van der Waals surface area contributed by atoms with Crippen molar-refractivity contribution in [3.63, 3.8) is 0 Å². The van der Waals surface area contributed by atoms with E-state index in [0.717, 1.165) is 25.3 Å². The summed E-state index contributed by atoms with van der Waals surface area (Å²) in [5.41, 5.74) is 2.97. The van der Waals surface area contributed by atoms with Crippen LogP contribution >= 0.6 is 11.3 Å². The normalized spacial score (nSPS) is 19.9. The molecule has 1 saturated heterocycles. The fraction of sp³-hybridized carbons (Fsp3) is 0.550. The van der Waals surface area contributed by atoms with Gasteiger partial charge in [0.15, 0.2) is 5.13 Å². The fourth-order valence-corrected chi connectivity index (χ4v) is 4.46. The Labute approximate surface area is 174 Å². The molecule has 0 spiro atoms. The van der Waals surface area contributed by atoms with E-state index < -0.39 is 5.97 Å². The van der Waals surface area contributed by atoms with Crippen molar-refractivity contribution in [2.24, 2.45) is 0 Å². The highest BCUT2D eigenvalue weighted by atomic mass is 32.1. The minimum absolute atomic E-state index is 0.198. The summed E-state index contributed by atoms with van der Waals surface area (Å²) in [5, 5.41) is 5.33. The van der Waals surface area contributed by atoms with Crippen LogP contribution in [0.4, 0.5) is 5.13 Å². The first-order valence-corrected chi connectivity index (χ1v) is 10.6. The number of ether oxygens (including phenoxy) is 2. The summed E-state index contributed by atoms with van der Waals surface area (Å²) >= 11 is 1.39. The molecule has 0 aromatic carbocycles. The monoisotopic (exact) mass is 420 g/mol. The number of rotatable bonds is 6. The van der Waals surface area contributed by atoms with Gasteiger partial charge in [0, 0.05) is 30.7 Å². The zero-order valence-corrected chi connectivity index (χ0v) is 18.3. The molecule has 1 amide bonds. The summed E-state index contributed by atoms with van der Waals surface area (Å²) in [5.74, 6) is -0.762. The number of morpholine rings is 1. The second kappa shape index (κ2) is 9.06. The zero-order chi connectivity index (χ0) is 21.1. The molecule has 2 aromatic heterocycles. The minimum atomic E-state index is -0.444. The van der Waals surface area contributed by atoms with Crippen molar-refractivity contribution in [3.05, 3.63) is 33.6 Å². The number of aryl methyl sites for hydroxylation is 1. The summed E-state index contributed by atoms with van der Waals surface area (Å²) in [6.45, 7) is 10.2. The van der Waals surface area contributed by atoms with Crippen molar-refractivity contribution >= 4 is 28.3 Å². The molecule has 3 heterocycles. The molecule has 1 fully saturated rings. The van der Waals surface area contributed by atoms with Crippen LogP contribution in [0.3, 0.4) is 0 Å². The molecule has 0 bridgehead atoms. The summed E-state index contributed by atoms with van der Waals surface area (Å²) in [6.07, 6.45) is 0.990. The first-order chi connectivity index (χ1) is 13.8. The van der Waals surface area contributed by atoms with Gasteiger partial charge in [-0.1, -0.05) is 6.92 Å². The molecule has 8 nitrogen and oxygen atoms in total. The number of esters is 1. The SMILES string of the molecule is CCc1[nH]c(C(=O)Nc2nc(CN3C[C@@H](C)O[C@H](C)C3)cs2)c(C)c1C(=O)OC. The first-order valence-electron chi connectivity index (χ1n) is 9.75. The van der Waals surface area contributed by atoms with Gasteiger partial charge >= 0.3 is 5.97 Å². The first kappa shape index (κ1) is 21.5. The maximum atomic E-state index is 12.8. The number of nitrogens with one attached hydrogen (secondary N) is 2. The van der Waals surface area contributed by atoms with Crippen LogP contribution in [0.2, 0.25) is 0 Å². The molecule has 0 aliphatic carbocycles. The largest absolute Gasteiger partial charge is 0.465 e. The van der Waals surface area contributed by atoms with E-state index in [4.69, 9.17) is 9.47 Å². The molecule has 9 heteroatoms. The van der Waals surface area contributed by atoms with Crippen molar-refractivity contribution in [2.45, 2.75) is 52.9 Å². The Hall–Kier alpha value is -2.23. The molecule has 3 rings (SSSR count). The number of anilines is 1. The van der Waals surface area contributed by atoms with Crippen molar-refractivity contribution in [1.82, 2.24) is 14.9 Å². The van der Waals surface area contributed by atoms with Crippen LogP contribution in [0.15, 0.2) is 5.38 Å². The number of methoxy groups -OCH3 is 1. The Kier molecular flexibility index (Phi) is 6.71. The molecule has 0 saturated carbocycles. The Morgan fingerprint density at radius 1 is 1.38 bits per heavy atom. The average molecular weight is 421 g/mol. The highest BCUT2D eigenvalue weighted by Gasteiger charge is 2.25. The number of hydrogen-bond donors (Lipinski definition) is 2. The minimum Gasteiger partial charge on any atom is -0.465 e. The van der Waals surface area contributed by atoms with E-state index in [9.17, 15) is 9.59 Å². The molecule has 1 aliphatic heterocycles. The quantitative estimate of drug-likeness (QED) is 0.698. The van der Waals surface area contributed by atoms with Crippen LogP contribution < -0.4 is 5.32 Å². The number of hydrogen-bond acceptors (Lipinski definition) is 7. The van der Waals surface area contributed by atoms with Crippen LogP contribution in [0.25, 0.3) is 0 Å². The van der Waals surface area contributed by atoms with E-state index in [2.05, 4.69) is 34.0 Å². The molecule has 2 atom stereocenters. The summed E-state index contributed by atoms with van der Waals surface area (Å²) in [7, 11) is 1.33. The van der Waals surface area contributed by atoms with E-state index in [1.807, 2.05) is 12.3 Å². The third-order valence-electron chi connectivity index (χ3n) is 4.95. The third-order valence-corrected chi connectivity index (χ3v) is 5.76. The second-order valence-electron chi connectivity index (χ2n) is 7.37. The number of aromatic nitrogens is 2. The van der Waals surface area contributed by atoms with Crippen molar-refractivity contribution in [3.8, 4) is 0 Å². The van der Waals surface area contributed by atoms with Crippen LogP contribution in [-0.4, -0.2) is 59.2 Å². The van der Waals surface area contributed by atoms with Crippen LogP contribution in [-0.2, 0) is 22.4 Å². The highest BCUT2D eigenvalue weighted by Crippen LogP contribution is 2.23. The molecule has 158 valence electrons.